The van der Waals surface area contributed by atoms with E-state index >= 15 is 0 Å². The van der Waals surface area contributed by atoms with Gasteiger partial charge < -0.3 is 34.2 Å². The fraction of sp³-hybridized carbons (Fsp3) is 0.500. The van der Waals surface area contributed by atoms with Crippen LogP contribution < -0.4 is 5.56 Å². The average molecular weight is 332 g/mol. The number of aromatic amines is 1. The van der Waals surface area contributed by atoms with Crippen molar-refractivity contribution < 1.29 is 29.3 Å². The molecule has 2 aromatic rings. The van der Waals surface area contributed by atoms with Gasteiger partial charge in [0.1, 0.15) is 18.3 Å². The van der Waals surface area contributed by atoms with Crippen molar-refractivity contribution in [1.29, 1.82) is 0 Å². The second-order valence-electron chi connectivity index (χ2n) is 4.65. The van der Waals surface area contributed by atoms with Crippen molar-refractivity contribution in [3.05, 3.63) is 23.0 Å². The van der Waals surface area contributed by atoms with Crippen molar-refractivity contribution in [2.45, 2.75) is 24.5 Å². The zero-order chi connectivity index (χ0) is 15.9. The van der Waals surface area contributed by atoms with Crippen LogP contribution in [0.2, 0.25) is 0 Å². The SMILES string of the molecule is O=c1[nH]cnc2c1ncn2[C@@H]1O[C@H](COP(O)O)[C@@H](O)[C@H]1O. The molecular formula is C10H13N4O7P. The van der Waals surface area contributed by atoms with E-state index in [0.29, 0.717) is 0 Å². The van der Waals surface area contributed by atoms with E-state index in [1.54, 1.807) is 0 Å². The van der Waals surface area contributed by atoms with Gasteiger partial charge in [-0.3, -0.25) is 9.36 Å². The molecule has 1 saturated heterocycles. The topological polar surface area (TPSA) is 163 Å². The number of aromatic nitrogens is 4. The van der Waals surface area contributed by atoms with Gasteiger partial charge in [-0.05, 0) is 0 Å². The lowest BCUT2D eigenvalue weighted by Gasteiger charge is -2.16. The Hall–Kier alpha value is -1.46. The van der Waals surface area contributed by atoms with Crippen LogP contribution in [-0.2, 0) is 9.26 Å². The molecule has 22 heavy (non-hydrogen) atoms. The number of aliphatic hydroxyl groups is 2. The normalized spacial score (nSPS) is 28.8. The van der Waals surface area contributed by atoms with Crippen LogP contribution in [0.4, 0.5) is 0 Å². The zero-order valence-corrected chi connectivity index (χ0v) is 11.9. The van der Waals surface area contributed by atoms with Crippen LogP contribution in [-0.4, -0.2) is 64.4 Å². The van der Waals surface area contributed by atoms with E-state index < -0.39 is 38.7 Å². The maximum absolute atomic E-state index is 11.6. The molecule has 0 unspecified atom stereocenters. The Bertz CT molecular complexity index is 719. The molecular weight excluding hydrogens is 319 g/mol. The quantitative estimate of drug-likeness (QED) is 0.397. The van der Waals surface area contributed by atoms with Gasteiger partial charge in [0.05, 0.1) is 19.3 Å². The third-order valence-corrected chi connectivity index (χ3v) is 3.71. The van der Waals surface area contributed by atoms with Crippen molar-refractivity contribution in [1.82, 2.24) is 19.5 Å². The summed E-state index contributed by atoms with van der Waals surface area (Å²) in [6.45, 7) is -0.311. The zero-order valence-electron chi connectivity index (χ0n) is 11.0. The summed E-state index contributed by atoms with van der Waals surface area (Å²) in [6.07, 6.45) is -2.18. The highest BCUT2D eigenvalue weighted by Crippen LogP contribution is 2.33. The Kier molecular flexibility index (Phi) is 4.19. The van der Waals surface area contributed by atoms with Gasteiger partial charge in [-0.1, -0.05) is 0 Å². The van der Waals surface area contributed by atoms with Crippen molar-refractivity contribution in [3.8, 4) is 0 Å². The van der Waals surface area contributed by atoms with Crippen molar-refractivity contribution in [2.75, 3.05) is 6.61 Å². The van der Waals surface area contributed by atoms with Crippen molar-refractivity contribution >= 4 is 19.8 Å². The minimum Gasteiger partial charge on any atom is -0.387 e. The Balaban J connectivity index is 1.88. The highest BCUT2D eigenvalue weighted by Gasteiger charge is 2.44. The summed E-state index contributed by atoms with van der Waals surface area (Å²) in [5.41, 5.74) is -0.183. The lowest BCUT2D eigenvalue weighted by molar-refractivity contribution is -0.0485. The van der Waals surface area contributed by atoms with E-state index in [-0.39, 0.29) is 17.8 Å². The molecule has 12 heteroatoms. The van der Waals surface area contributed by atoms with Gasteiger partial charge in [0.15, 0.2) is 17.4 Å². The lowest BCUT2D eigenvalue weighted by atomic mass is 10.1. The maximum atomic E-state index is 11.6. The van der Waals surface area contributed by atoms with Crippen LogP contribution in [0.25, 0.3) is 11.2 Å². The van der Waals surface area contributed by atoms with Gasteiger partial charge in [0.25, 0.3) is 5.56 Å². The monoisotopic (exact) mass is 332 g/mol. The van der Waals surface area contributed by atoms with Crippen LogP contribution in [0, 0.1) is 0 Å². The molecule has 5 N–H and O–H groups in total. The molecule has 1 aliphatic heterocycles. The number of nitrogens with zero attached hydrogens (tertiary/aromatic N) is 3. The molecule has 0 amide bonds. The predicted octanol–water partition coefficient (Wildman–Crippen LogP) is -2.03. The van der Waals surface area contributed by atoms with E-state index in [1.807, 2.05) is 0 Å². The molecule has 0 bridgehead atoms. The van der Waals surface area contributed by atoms with E-state index in [0.717, 1.165) is 0 Å². The number of hydrogen-bond acceptors (Lipinski definition) is 9. The van der Waals surface area contributed by atoms with Gasteiger partial charge in [-0.15, -0.1) is 0 Å². The minimum absolute atomic E-state index is 0.0710. The highest BCUT2D eigenvalue weighted by molar-refractivity contribution is 7.39. The first-order valence-corrected chi connectivity index (χ1v) is 7.38. The minimum atomic E-state index is -2.59. The number of aliphatic hydroxyl groups excluding tert-OH is 2. The number of hydrogen-bond donors (Lipinski definition) is 5. The second kappa shape index (κ2) is 5.97. The summed E-state index contributed by atoms with van der Waals surface area (Å²) >= 11 is 0. The Morgan fingerprint density at radius 1 is 1.36 bits per heavy atom. The van der Waals surface area contributed by atoms with Crippen LogP contribution in [0.15, 0.2) is 17.4 Å². The molecule has 0 saturated carbocycles. The van der Waals surface area contributed by atoms with Gasteiger partial charge in [-0.25, -0.2) is 9.97 Å². The second-order valence-corrected chi connectivity index (χ2v) is 5.41. The third-order valence-electron chi connectivity index (χ3n) is 3.33. The van der Waals surface area contributed by atoms with E-state index in [1.165, 1.54) is 17.2 Å². The first kappa shape index (κ1) is 15.4. The molecule has 0 aliphatic carbocycles. The molecule has 120 valence electrons. The summed E-state index contributed by atoms with van der Waals surface area (Å²) in [7, 11) is -2.59. The van der Waals surface area contributed by atoms with E-state index in [2.05, 4.69) is 19.5 Å². The molecule has 0 radical (unpaired) electrons. The highest BCUT2D eigenvalue weighted by atomic mass is 31.2. The fourth-order valence-electron chi connectivity index (χ4n) is 2.29. The van der Waals surface area contributed by atoms with Crippen LogP contribution in [0.1, 0.15) is 6.23 Å². The number of nitrogens with one attached hydrogen (secondary N) is 1. The van der Waals surface area contributed by atoms with Crippen LogP contribution in [0.3, 0.4) is 0 Å². The van der Waals surface area contributed by atoms with Crippen molar-refractivity contribution in [2.24, 2.45) is 0 Å². The lowest BCUT2D eigenvalue weighted by Crippen LogP contribution is -2.33. The molecule has 3 rings (SSSR count). The molecule has 11 nitrogen and oxygen atoms in total. The van der Waals surface area contributed by atoms with E-state index in [9.17, 15) is 15.0 Å². The van der Waals surface area contributed by atoms with Gasteiger partial charge in [0, 0.05) is 0 Å². The maximum Gasteiger partial charge on any atom is 0.327 e. The van der Waals surface area contributed by atoms with E-state index in [4.69, 9.17) is 14.5 Å². The third kappa shape index (κ3) is 2.63. The summed E-state index contributed by atoms with van der Waals surface area (Å²) in [5.74, 6) is 0. The Labute approximate surface area is 123 Å². The summed E-state index contributed by atoms with van der Waals surface area (Å²) in [6, 6.07) is 0. The average Bonchev–Trinajstić information content (AvgIpc) is 3.01. The number of fused-ring (bicyclic) bond motifs is 1. The molecule has 0 spiro atoms. The summed E-state index contributed by atoms with van der Waals surface area (Å²) in [5, 5.41) is 20.0. The van der Waals surface area contributed by atoms with Crippen molar-refractivity contribution in [3.63, 3.8) is 0 Å². The molecule has 2 aromatic heterocycles. The van der Waals surface area contributed by atoms with Crippen LogP contribution >= 0.6 is 8.60 Å². The van der Waals surface area contributed by atoms with Crippen LogP contribution in [0.5, 0.6) is 0 Å². The first-order valence-electron chi connectivity index (χ1n) is 6.21. The smallest absolute Gasteiger partial charge is 0.327 e. The number of ether oxygens (including phenoxy) is 1. The van der Waals surface area contributed by atoms with Gasteiger partial charge in [-0.2, -0.15) is 0 Å². The fourth-order valence-corrected chi connectivity index (χ4v) is 2.57. The predicted molar refractivity (Wildman–Crippen MR) is 71.4 cm³/mol. The molecule has 4 atom stereocenters. The molecule has 3 heterocycles. The molecule has 0 aromatic carbocycles. The largest absolute Gasteiger partial charge is 0.387 e. The summed E-state index contributed by atoms with van der Waals surface area (Å²) < 4.78 is 11.4. The molecule has 1 aliphatic rings. The van der Waals surface area contributed by atoms with Gasteiger partial charge >= 0.3 is 8.60 Å². The number of rotatable bonds is 4. The standard InChI is InChI=1S/C10H13N4O7P/c15-6-4(1-20-22(18)19)21-10(7(6)16)14-3-13-5-8(14)11-2-12-9(5)17/h2-4,6-7,10,15-16,18-19H,1H2,(H,11,12,17)/t4-,6-,7-,10-/m1/s1. The van der Waals surface area contributed by atoms with Gasteiger partial charge in [0.2, 0.25) is 0 Å². The number of imidazole rings is 1. The Morgan fingerprint density at radius 3 is 2.86 bits per heavy atom. The molecule has 1 fully saturated rings. The Morgan fingerprint density at radius 2 is 2.14 bits per heavy atom. The first-order chi connectivity index (χ1) is 10.5. The number of H-pyrrole nitrogens is 1. The summed E-state index contributed by atoms with van der Waals surface area (Å²) in [4.78, 5) is 39.3.